The van der Waals surface area contributed by atoms with Crippen LogP contribution in [0, 0.1) is 6.92 Å². The number of aryl methyl sites for hydroxylation is 2. The standard InChI is InChI=1S/C16H22N4O3S/c1-14-17-18-16(23-14)19-9-11-20(12-10-19)24(21,22)13-5-8-15-6-3-2-4-7-15/h2-4,6-7H,5,8-13H2,1H3. The summed E-state index contributed by atoms with van der Waals surface area (Å²) in [5.74, 6) is 0.697. The van der Waals surface area contributed by atoms with Gasteiger partial charge in [-0.2, -0.15) is 4.31 Å². The Labute approximate surface area is 142 Å². The van der Waals surface area contributed by atoms with Crippen LogP contribution in [0.25, 0.3) is 0 Å². The fraction of sp³-hybridized carbons (Fsp3) is 0.500. The molecule has 0 N–H and O–H groups in total. The first kappa shape index (κ1) is 16.9. The van der Waals surface area contributed by atoms with E-state index in [1.54, 1.807) is 11.2 Å². The fourth-order valence-corrected chi connectivity index (χ4v) is 4.29. The zero-order valence-electron chi connectivity index (χ0n) is 13.8. The number of piperazine rings is 1. The van der Waals surface area contributed by atoms with Gasteiger partial charge in [0.25, 0.3) is 0 Å². The van der Waals surface area contributed by atoms with E-state index in [4.69, 9.17) is 4.42 Å². The van der Waals surface area contributed by atoms with Gasteiger partial charge in [0.2, 0.25) is 15.9 Å². The Balaban J connectivity index is 1.49. The summed E-state index contributed by atoms with van der Waals surface area (Å²) in [5.41, 5.74) is 1.17. The van der Waals surface area contributed by atoms with Gasteiger partial charge in [0.05, 0.1) is 5.75 Å². The molecule has 2 heterocycles. The highest BCUT2D eigenvalue weighted by Crippen LogP contribution is 2.16. The number of hydrogen-bond donors (Lipinski definition) is 0. The Morgan fingerprint density at radius 2 is 1.79 bits per heavy atom. The molecule has 7 nitrogen and oxygen atoms in total. The number of benzene rings is 1. The van der Waals surface area contributed by atoms with Crippen LogP contribution in [-0.2, 0) is 16.4 Å². The van der Waals surface area contributed by atoms with E-state index in [0.717, 1.165) is 6.42 Å². The average Bonchev–Trinajstić information content (AvgIpc) is 3.02. The Bertz CT molecular complexity index is 753. The van der Waals surface area contributed by atoms with Crippen molar-refractivity contribution in [2.24, 2.45) is 0 Å². The molecule has 0 unspecified atom stereocenters. The second-order valence-corrected chi connectivity index (χ2v) is 7.98. The monoisotopic (exact) mass is 350 g/mol. The van der Waals surface area contributed by atoms with E-state index in [-0.39, 0.29) is 5.75 Å². The highest BCUT2D eigenvalue weighted by Gasteiger charge is 2.28. The molecule has 1 aromatic heterocycles. The lowest BCUT2D eigenvalue weighted by atomic mass is 10.1. The summed E-state index contributed by atoms with van der Waals surface area (Å²) in [4.78, 5) is 1.93. The molecule has 1 aromatic carbocycles. The summed E-state index contributed by atoms with van der Waals surface area (Å²) in [6, 6.07) is 10.4. The van der Waals surface area contributed by atoms with Crippen molar-refractivity contribution in [1.29, 1.82) is 0 Å². The van der Waals surface area contributed by atoms with Gasteiger partial charge in [0.1, 0.15) is 0 Å². The molecule has 0 atom stereocenters. The third kappa shape index (κ3) is 4.12. The summed E-state index contributed by atoms with van der Waals surface area (Å²) in [6.07, 6.45) is 1.41. The predicted octanol–water partition coefficient (Wildman–Crippen LogP) is 1.46. The summed E-state index contributed by atoms with van der Waals surface area (Å²) < 4.78 is 31.9. The Kier molecular flexibility index (Phi) is 5.15. The first-order valence-corrected chi connectivity index (χ1v) is 9.72. The zero-order chi connectivity index (χ0) is 17.0. The van der Waals surface area contributed by atoms with E-state index in [0.29, 0.717) is 44.5 Å². The largest absolute Gasteiger partial charge is 0.408 e. The van der Waals surface area contributed by atoms with E-state index in [1.807, 2.05) is 35.2 Å². The molecule has 0 aliphatic carbocycles. The smallest absolute Gasteiger partial charge is 0.318 e. The molecule has 1 aliphatic rings. The fourth-order valence-electron chi connectivity index (χ4n) is 2.80. The molecule has 8 heteroatoms. The van der Waals surface area contributed by atoms with Gasteiger partial charge in [0, 0.05) is 33.1 Å². The van der Waals surface area contributed by atoms with E-state index in [2.05, 4.69) is 10.2 Å². The third-order valence-corrected chi connectivity index (χ3v) is 6.08. The lowest BCUT2D eigenvalue weighted by molar-refractivity contribution is 0.369. The summed E-state index contributed by atoms with van der Waals surface area (Å²) >= 11 is 0. The molecule has 0 amide bonds. The topological polar surface area (TPSA) is 79.5 Å². The van der Waals surface area contributed by atoms with Crippen LogP contribution in [0.3, 0.4) is 0 Å². The second-order valence-electron chi connectivity index (χ2n) is 5.89. The van der Waals surface area contributed by atoms with Crippen molar-refractivity contribution in [3.05, 3.63) is 41.8 Å². The maximum absolute atomic E-state index is 12.5. The molecule has 0 spiro atoms. The van der Waals surface area contributed by atoms with Crippen LogP contribution in [-0.4, -0.2) is 54.9 Å². The average molecular weight is 350 g/mol. The summed E-state index contributed by atoms with van der Waals surface area (Å²) in [6.45, 7) is 3.78. The molecule has 24 heavy (non-hydrogen) atoms. The van der Waals surface area contributed by atoms with Gasteiger partial charge in [-0.3, -0.25) is 0 Å². The SMILES string of the molecule is Cc1nnc(N2CCN(S(=O)(=O)CCCc3ccccc3)CC2)o1. The minimum absolute atomic E-state index is 0.182. The van der Waals surface area contributed by atoms with Crippen LogP contribution in [0.2, 0.25) is 0 Å². The van der Waals surface area contributed by atoms with Crippen LogP contribution in [0.15, 0.2) is 34.7 Å². The number of nitrogens with zero attached hydrogens (tertiary/aromatic N) is 4. The van der Waals surface area contributed by atoms with Crippen molar-refractivity contribution in [3.63, 3.8) is 0 Å². The maximum atomic E-state index is 12.5. The number of anilines is 1. The van der Waals surface area contributed by atoms with E-state index < -0.39 is 10.0 Å². The first-order valence-electron chi connectivity index (χ1n) is 8.11. The molecule has 1 fully saturated rings. The predicted molar refractivity (Wildman–Crippen MR) is 91.4 cm³/mol. The van der Waals surface area contributed by atoms with Gasteiger partial charge in [0.15, 0.2) is 0 Å². The van der Waals surface area contributed by atoms with Crippen LogP contribution in [0.4, 0.5) is 6.01 Å². The molecule has 0 saturated carbocycles. The van der Waals surface area contributed by atoms with Crippen molar-refractivity contribution in [2.75, 3.05) is 36.8 Å². The molecular formula is C16H22N4O3S. The highest BCUT2D eigenvalue weighted by molar-refractivity contribution is 7.89. The van der Waals surface area contributed by atoms with Crippen molar-refractivity contribution in [3.8, 4) is 0 Å². The molecule has 1 saturated heterocycles. The maximum Gasteiger partial charge on any atom is 0.318 e. The van der Waals surface area contributed by atoms with Crippen LogP contribution >= 0.6 is 0 Å². The number of aromatic nitrogens is 2. The van der Waals surface area contributed by atoms with Crippen molar-refractivity contribution >= 4 is 16.0 Å². The van der Waals surface area contributed by atoms with Gasteiger partial charge in [-0.1, -0.05) is 35.4 Å². The molecule has 2 aromatic rings. The van der Waals surface area contributed by atoms with E-state index >= 15 is 0 Å². The Morgan fingerprint density at radius 3 is 2.42 bits per heavy atom. The molecular weight excluding hydrogens is 328 g/mol. The van der Waals surface area contributed by atoms with Gasteiger partial charge >= 0.3 is 6.01 Å². The summed E-state index contributed by atoms with van der Waals surface area (Å²) in [5, 5.41) is 7.79. The van der Waals surface area contributed by atoms with Gasteiger partial charge < -0.3 is 9.32 Å². The summed E-state index contributed by atoms with van der Waals surface area (Å²) in [7, 11) is -3.21. The lowest BCUT2D eigenvalue weighted by Crippen LogP contribution is -2.49. The number of rotatable bonds is 6. The van der Waals surface area contributed by atoms with E-state index in [1.165, 1.54) is 5.56 Å². The van der Waals surface area contributed by atoms with Crippen molar-refractivity contribution < 1.29 is 12.8 Å². The van der Waals surface area contributed by atoms with Gasteiger partial charge in [-0.25, -0.2) is 8.42 Å². The number of sulfonamides is 1. The van der Waals surface area contributed by atoms with E-state index in [9.17, 15) is 8.42 Å². The van der Waals surface area contributed by atoms with Crippen molar-refractivity contribution in [2.45, 2.75) is 19.8 Å². The van der Waals surface area contributed by atoms with Crippen molar-refractivity contribution in [1.82, 2.24) is 14.5 Å². The highest BCUT2D eigenvalue weighted by atomic mass is 32.2. The van der Waals surface area contributed by atoms with Gasteiger partial charge in [-0.15, -0.1) is 5.10 Å². The zero-order valence-corrected chi connectivity index (χ0v) is 14.6. The molecule has 3 rings (SSSR count). The minimum atomic E-state index is -3.21. The van der Waals surface area contributed by atoms with Gasteiger partial charge in [-0.05, 0) is 18.4 Å². The van der Waals surface area contributed by atoms with Crippen LogP contribution in [0.1, 0.15) is 17.9 Å². The Hall–Kier alpha value is -1.93. The second kappa shape index (κ2) is 7.31. The molecule has 0 bridgehead atoms. The Morgan fingerprint density at radius 1 is 1.08 bits per heavy atom. The molecule has 0 radical (unpaired) electrons. The lowest BCUT2D eigenvalue weighted by Gasteiger charge is -2.32. The normalized spacial score (nSPS) is 16.5. The minimum Gasteiger partial charge on any atom is -0.408 e. The number of hydrogen-bond acceptors (Lipinski definition) is 6. The first-order chi connectivity index (χ1) is 11.5. The molecule has 130 valence electrons. The molecule has 1 aliphatic heterocycles. The quantitative estimate of drug-likeness (QED) is 0.785. The third-order valence-electron chi connectivity index (χ3n) is 4.13. The van der Waals surface area contributed by atoms with Crippen LogP contribution in [0.5, 0.6) is 0 Å². The van der Waals surface area contributed by atoms with Crippen LogP contribution < -0.4 is 4.90 Å².